The SMILES string of the molecule is Cc1cc([N+](=O)[O-])ccc1NC(=O)C[NH2+][C@H](C)c1ccc(F)cc1F. The van der Waals surface area contributed by atoms with Crippen LogP contribution in [0.15, 0.2) is 36.4 Å². The van der Waals surface area contributed by atoms with Gasteiger partial charge in [0.15, 0.2) is 6.54 Å². The van der Waals surface area contributed by atoms with Crippen LogP contribution in [-0.2, 0) is 4.79 Å². The molecule has 0 unspecified atom stereocenters. The van der Waals surface area contributed by atoms with E-state index in [0.29, 0.717) is 16.8 Å². The Morgan fingerprint density at radius 3 is 2.60 bits per heavy atom. The predicted molar refractivity (Wildman–Crippen MR) is 88.0 cm³/mol. The lowest BCUT2D eigenvalue weighted by Crippen LogP contribution is -2.86. The van der Waals surface area contributed by atoms with E-state index in [4.69, 9.17) is 0 Å². The number of quaternary nitrogens is 1. The summed E-state index contributed by atoms with van der Waals surface area (Å²) in [6, 6.07) is 7.10. The molecule has 0 bridgehead atoms. The standard InChI is InChI=1S/C17H17F2N3O3/c1-10-7-13(22(24)25)4-6-16(10)21-17(23)9-20-11(2)14-5-3-12(18)8-15(14)19/h3-8,11,20H,9H2,1-2H3,(H,21,23)/p+1/t11-/m1/s1. The molecule has 132 valence electrons. The van der Waals surface area contributed by atoms with Gasteiger partial charge in [-0.25, -0.2) is 8.78 Å². The van der Waals surface area contributed by atoms with E-state index >= 15 is 0 Å². The predicted octanol–water partition coefficient (Wildman–Crippen LogP) is 2.44. The molecule has 0 aliphatic carbocycles. The number of anilines is 1. The number of amides is 1. The third-order valence-corrected chi connectivity index (χ3v) is 3.80. The number of nitrogens with one attached hydrogen (secondary N) is 1. The first-order valence-corrected chi connectivity index (χ1v) is 7.61. The Morgan fingerprint density at radius 1 is 1.28 bits per heavy atom. The fraction of sp³-hybridized carbons (Fsp3) is 0.235. The van der Waals surface area contributed by atoms with Crippen molar-refractivity contribution in [2.75, 3.05) is 11.9 Å². The number of benzene rings is 2. The van der Waals surface area contributed by atoms with E-state index < -0.39 is 16.6 Å². The Labute approximate surface area is 143 Å². The Bertz CT molecular complexity index is 812. The highest BCUT2D eigenvalue weighted by molar-refractivity contribution is 5.92. The topological polar surface area (TPSA) is 88.9 Å². The zero-order valence-electron chi connectivity index (χ0n) is 13.8. The molecular formula is C17H18F2N3O3+. The molecule has 6 nitrogen and oxygen atoms in total. The minimum Gasteiger partial charge on any atom is -0.332 e. The molecule has 0 fully saturated rings. The maximum Gasteiger partial charge on any atom is 0.279 e. The van der Waals surface area contributed by atoms with E-state index in [2.05, 4.69) is 5.32 Å². The summed E-state index contributed by atoms with van der Waals surface area (Å²) in [5.74, 6) is -1.64. The monoisotopic (exact) mass is 350 g/mol. The molecule has 0 saturated carbocycles. The third kappa shape index (κ3) is 4.80. The van der Waals surface area contributed by atoms with Gasteiger partial charge < -0.3 is 10.6 Å². The number of carbonyl (C=O) groups is 1. The molecule has 2 rings (SSSR count). The average molecular weight is 350 g/mol. The fourth-order valence-corrected chi connectivity index (χ4v) is 2.38. The number of nitro benzene ring substituents is 1. The quantitative estimate of drug-likeness (QED) is 0.619. The van der Waals surface area contributed by atoms with Crippen LogP contribution in [0.25, 0.3) is 0 Å². The summed E-state index contributed by atoms with van der Waals surface area (Å²) in [4.78, 5) is 22.2. The lowest BCUT2D eigenvalue weighted by Gasteiger charge is -2.13. The van der Waals surface area contributed by atoms with Crippen LogP contribution >= 0.6 is 0 Å². The third-order valence-electron chi connectivity index (χ3n) is 3.80. The number of non-ortho nitro benzene ring substituents is 1. The Kier molecular flexibility index (Phi) is 5.76. The van der Waals surface area contributed by atoms with Gasteiger partial charge in [0.1, 0.15) is 17.7 Å². The molecule has 1 atom stereocenters. The van der Waals surface area contributed by atoms with Gasteiger partial charge in [-0.1, -0.05) is 0 Å². The molecule has 0 aliphatic rings. The molecule has 2 aromatic carbocycles. The summed E-state index contributed by atoms with van der Waals surface area (Å²) in [5, 5.41) is 15.0. The fourth-order valence-electron chi connectivity index (χ4n) is 2.38. The average Bonchev–Trinajstić information content (AvgIpc) is 2.54. The summed E-state index contributed by atoms with van der Waals surface area (Å²) in [6.45, 7) is 3.39. The molecule has 8 heteroatoms. The maximum absolute atomic E-state index is 13.7. The Balaban J connectivity index is 1.95. The van der Waals surface area contributed by atoms with Gasteiger partial charge in [0.2, 0.25) is 0 Å². The second-order valence-corrected chi connectivity index (χ2v) is 5.70. The van der Waals surface area contributed by atoms with Gasteiger partial charge in [-0.05, 0) is 37.6 Å². The summed E-state index contributed by atoms with van der Waals surface area (Å²) in [5.41, 5.74) is 1.30. The molecule has 0 radical (unpaired) electrons. The van der Waals surface area contributed by atoms with Gasteiger partial charge >= 0.3 is 0 Å². The Hall–Kier alpha value is -2.87. The highest BCUT2D eigenvalue weighted by Crippen LogP contribution is 2.21. The second kappa shape index (κ2) is 7.80. The van der Waals surface area contributed by atoms with Gasteiger partial charge in [-0.2, -0.15) is 0 Å². The van der Waals surface area contributed by atoms with Gasteiger partial charge in [-0.15, -0.1) is 0 Å². The summed E-state index contributed by atoms with van der Waals surface area (Å²) in [7, 11) is 0. The minimum absolute atomic E-state index is 0.0222. The number of aryl methyl sites for hydroxylation is 1. The van der Waals surface area contributed by atoms with Gasteiger partial charge in [-0.3, -0.25) is 14.9 Å². The number of halogens is 2. The Morgan fingerprint density at radius 2 is 2.00 bits per heavy atom. The van der Waals surface area contributed by atoms with Crippen molar-refractivity contribution in [1.82, 2.24) is 0 Å². The number of nitro groups is 1. The lowest BCUT2D eigenvalue weighted by molar-refractivity contribution is -0.682. The molecule has 0 heterocycles. The maximum atomic E-state index is 13.7. The van der Waals surface area contributed by atoms with Crippen molar-refractivity contribution in [3.63, 3.8) is 0 Å². The molecule has 0 aromatic heterocycles. The normalized spacial score (nSPS) is 11.8. The molecule has 2 aromatic rings. The first kappa shape index (κ1) is 18.5. The van der Waals surface area contributed by atoms with Gasteiger partial charge in [0.25, 0.3) is 11.6 Å². The number of carbonyl (C=O) groups excluding carboxylic acids is 1. The lowest BCUT2D eigenvalue weighted by atomic mass is 10.1. The van der Waals surface area contributed by atoms with Crippen molar-refractivity contribution in [3.05, 3.63) is 69.3 Å². The number of nitrogens with two attached hydrogens (primary N) is 1. The van der Waals surface area contributed by atoms with E-state index in [-0.39, 0.29) is 24.2 Å². The summed E-state index contributed by atoms with van der Waals surface area (Å²) >= 11 is 0. The van der Waals surface area contributed by atoms with Crippen molar-refractivity contribution in [3.8, 4) is 0 Å². The first-order chi connectivity index (χ1) is 11.8. The molecule has 0 spiro atoms. The van der Waals surface area contributed by atoms with Gasteiger partial charge in [0, 0.05) is 29.4 Å². The minimum atomic E-state index is -0.657. The van der Waals surface area contributed by atoms with Crippen LogP contribution in [0.4, 0.5) is 20.2 Å². The van der Waals surface area contributed by atoms with E-state index in [1.165, 1.54) is 30.3 Å². The number of hydrogen-bond acceptors (Lipinski definition) is 3. The molecule has 3 N–H and O–H groups in total. The van der Waals surface area contributed by atoms with Crippen LogP contribution in [0, 0.1) is 28.7 Å². The highest BCUT2D eigenvalue weighted by atomic mass is 19.1. The van der Waals surface area contributed by atoms with Crippen LogP contribution in [0.3, 0.4) is 0 Å². The zero-order valence-corrected chi connectivity index (χ0v) is 13.8. The van der Waals surface area contributed by atoms with E-state index in [9.17, 15) is 23.7 Å². The van der Waals surface area contributed by atoms with Crippen molar-refractivity contribution in [1.29, 1.82) is 0 Å². The van der Waals surface area contributed by atoms with E-state index in [1.807, 2.05) is 0 Å². The smallest absolute Gasteiger partial charge is 0.279 e. The number of nitrogens with zero attached hydrogens (tertiary/aromatic N) is 1. The van der Waals surface area contributed by atoms with E-state index in [1.54, 1.807) is 19.2 Å². The van der Waals surface area contributed by atoms with Gasteiger partial charge in [0.05, 0.1) is 4.92 Å². The highest BCUT2D eigenvalue weighted by Gasteiger charge is 2.17. The van der Waals surface area contributed by atoms with Crippen molar-refractivity contribution >= 4 is 17.3 Å². The molecule has 1 amide bonds. The van der Waals surface area contributed by atoms with Crippen molar-refractivity contribution in [2.24, 2.45) is 0 Å². The molecule has 25 heavy (non-hydrogen) atoms. The van der Waals surface area contributed by atoms with E-state index in [0.717, 1.165) is 6.07 Å². The zero-order chi connectivity index (χ0) is 18.6. The first-order valence-electron chi connectivity index (χ1n) is 7.61. The molecular weight excluding hydrogens is 332 g/mol. The van der Waals surface area contributed by atoms with Crippen LogP contribution in [-0.4, -0.2) is 17.4 Å². The molecule has 0 saturated heterocycles. The van der Waals surface area contributed by atoms with Crippen LogP contribution in [0.2, 0.25) is 0 Å². The number of hydrogen-bond donors (Lipinski definition) is 2. The number of rotatable bonds is 6. The van der Waals surface area contributed by atoms with Crippen LogP contribution < -0.4 is 10.6 Å². The molecule has 0 aliphatic heterocycles. The summed E-state index contributed by atoms with van der Waals surface area (Å²) < 4.78 is 26.6. The van der Waals surface area contributed by atoms with Crippen LogP contribution in [0.1, 0.15) is 24.1 Å². The van der Waals surface area contributed by atoms with Crippen molar-refractivity contribution < 1.29 is 23.8 Å². The second-order valence-electron chi connectivity index (χ2n) is 5.70. The largest absolute Gasteiger partial charge is 0.332 e. The van der Waals surface area contributed by atoms with Crippen molar-refractivity contribution in [2.45, 2.75) is 19.9 Å². The summed E-state index contributed by atoms with van der Waals surface area (Å²) in [6.07, 6.45) is 0. The van der Waals surface area contributed by atoms with Crippen LogP contribution in [0.5, 0.6) is 0 Å².